The fraction of sp³-hybridized carbons (Fsp3) is 0.900. The molecule has 0 aromatic heterocycles. The minimum absolute atomic E-state index is 0.133. The van der Waals surface area contributed by atoms with Gasteiger partial charge in [0.1, 0.15) is 0 Å². The number of carbonyl (C=O) groups excluding carboxylic acids is 1. The summed E-state index contributed by atoms with van der Waals surface area (Å²) in [5.41, 5.74) is 5.35. The van der Waals surface area contributed by atoms with Crippen molar-refractivity contribution in [2.75, 3.05) is 33.2 Å². The van der Waals surface area contributed by atoms with Crippen LogP contribution in [0.3, 0.4) is 0 Å². The number of aliphatic hydroxyl groups is 1. The van der Waals surface area contributed by atoms with Gasteiger partial charge in [0.2, 0.25) is 5.91 Å². The van der Waals surface area contributed by atoms with Crippen molar-refractivity contribution >= 4 is 5.91 Å². The van der Waals surface area contributed by atoms with Crippen LogP contribution in [0.5, 0.6) is 0 Å². The molecule has 0 spiro atoms. The van der Waals surface area contributed by atoms with Crippen molar-refractivity contribution in [3.8, 4) is 0 Å². The Bertz CT molecular complexity index is 203. The van der Waals surface area contributed by atoms with Crippen LogP contribution in [0.25, 0.3) is 0 Å². The van der Waals surface area contributed by atoms with E-state index in [0.717, 1.165) is 25.9 Å². The average molecular weight is 215 g/mol. The molecule has 1 saturated heterocycles. The van der Waals surface area contributed by atoms with E-state index < -0.39 is 6.10 Å². The Morgan fingerprint density at radius 2 is 2.20 bits per heavy atom. The molecule has 1 atom stereocenters. The van der Waals surface area contributed by atoms with Crippen LogP contribution in [0, 0.1) is 5.92 Å². The number of amides is 1. The fourth-order valence-electron chi connectivity index (χ4n) is 1.95. The third-order valence-corrected chi connectivity index (χ3v) is 2.95. The Morgan fingerprint density at radius 3 is 2.67 bits per heavy atom. The minimum Gasteiger partial charge on any atom is -0.390 e. The highest BCUT2D eigenvalue weighted by Gasteiger charge is 2.24. The molecule has 1 fully saturated rings. The van der Waals surface area contributed by atoms with E-state index in [1.165, 1.54) is 0 Å². The molecule has 1 unspecified atom stereocenters. The van der Waals surface area contributed by atoms with Gasteiger partial charge in [-0.2, -0.15) is 0 Å². The molecular weight excluding hydrogens is 194 g/mol. The summed E-state index contributed by atoms with van der Waals surface area (Å²) >= 11 is 0. The van der Waals surface area contributed by atoms with E-state index in [0.29, 0.717) is 13.1 Å². The number of hydrogen-bond acceptors (Lipinski definition) is 4. The molecule has 0 bridgehead atoms. The zero-order chi connectivity index (χ0) is 11.3. The summed E-state index contributed by atoms with van der Waals surface area (Å²) in [6.07, 6.45) is 1.30. The van der Waals surface area contributed by atoms with Crippen LogP contribution in [0.2, 0.25) is 0 Å². The van der Waals surface area contributed by atoms with Gasteiger partial charge in [-0.3, -0.25) is 4.79 Å². The van der Waals surface area contributed by atoms with Gasteiger partial charge in [-0.15, -0.1) is 0 Å². The number of likely N-dealkylation sites (tertiary alicyclic amines) is 1. The van der Waals surface area contributed by atoms with Crippen LogP contribution in [0.1, 0.15) is 12.8 Å². The predicted octanol–water partition coefficient (Wildman–Crippen LogP) is -1.24. The van der Waals surface area contributed by atoms with Crippen LogP contribution < -0.4 is 11.1 Å². The van der Waals surface area contributed by atoms with Gasteiger partial charge in [-0.25, -0.2) is 0 Å². The summed E-state index contributed by atoms with van der Waals surface area (Å²) in [6.45, 7) is 2.66. The van der Waals surface area contributed by atoms with E-state index in [9.17, 15) is 9.90 Å². The number of aliphatic hydroxyl groups excluding tert-OH is 1. The van der Waals surface area contributed by atoms with Crippen molar-refractivity contribution in [1.29, 1.82) is 0 Å². The number of β-amino-alcohol motifs (C(OH)–C–C–N with tert-alkyl or cyclic N) is 1. The first kappa shape index (κ1) is 12.4. The normalized spacial score (nSPS) is 21.3. The maximum absolute atomic E-state index is 11.4. The minimum atomic E-state index is -0.443. The summed E-state index contributed by atoms with van der Waals surface area (Å²) in [7, 11) is 1.67. The summed E-state index contributed by atoms with van der Waals surface area (Å²) < 4.78 is 0. The first-order valence-electron chi connectivity index (χ1n) is 5.49. The van der Waals surface area contributed by atoms with Gasteiger partial charge in [-0.05, 0) is 25.9 Å². The van der Waals surface area contributed by atoms with Crippen molar-refractivity contribution in [2.45, 2.75) is 18.9 Å². The van der Waals surface area contributed by atoms with Crippen molar-refractivity contribution in [1.82, 2.24) is 10.2 Å². The zero-order valence-corrected chi connectivity index (χ0v) is 9.28. The van der Waals surface area contributed by atoms with Crippen LogP contribution >= 0.6 is 0 Å². The van der Waals surface area contributed by atoms with Crippen LogP contribution in [0.15, 0.2) is 0 Å². The SMILES string of the molecule is CNC(=O)C1CCN(CC(O)CN)CC1. The highest BCUT2D eigenvalue weighted by molar-refractivity contribution is 5.78. The number of nitrogens with two attached hydrogens (primary N) is 1. The van der Waals surface area contributed by atoms with E-state index >= 15 is 0 Å². The summed E-state index contributed by atoms with van der Waals surface area (Å²) in [5, 5.41) is 12.1. The van der Waals surface area contributed by atoms with Gasteiger partial charge < -0.3 is 21.1 Å². The number of nitrogens with one attached hydrogen (secondary N) is 1. The average Bonchev–Trinajstić information content (AvgIpc) is 2.29. The molecule has 4 N–H and O–H groups in total. The Morgan fingerprint density at radius 1 is 1.60 bits per heavy atom. The second kappa shape index (κ2) is 6.05. The maximum atomic E-state index is 11.4. The molecular formula is C10H21N3O2. The van der Waals surface area contributed by atoms with Crippen molar-refractivity contribution in [2.24, 2.45) is 11.7 Å². The number of piperidine rings is 1. The monoisotopic (exact) mass is 215 g/mol. The maximum Gasteiger partial charge on any atom is 0.222 e. The Kier molecular flexibility index (Phi) is 5.01. The van der Waals surface area contributed by atoms with Gasteiger partial charge in [0.25, 0.3) is 0 Å². The van der Waals surface area contributed by atoms with E-state index in [2.05, 4.69) is 10.2 Å². The second-order valence-corrected chi connectivity index (χ2v) is 4.08. The van der Waals surface area contributed by atoms with Gasteiger partial charge in [-0.1, -0.05) is 0 Å². The zero-order valence-electron chi connectivity index (χ0n) is 9.28. The van der Waals surface area contributed by atoms with Gasteiger partial charge in [0.15, 0.2) is 0 Å². The van der Waals surface area contributed by atoms with Crippen LogP contribution in [-0.2, 0) is 4.79 Å². The molecule has 0 aliphatic carbocycles. The Labute approximate surface area is 90.6 Å². The second-order valence-electron chi connectivity index (χ2n) is 4.08. The number of nitrogens with zero attached hydrogens (tertiary/aromatic N) is 1. The lowest BCUT2D eigenvalue weighted by Gasteiger charge is -2.32. The van der Waals surface area contributed by atoms with E-state index in [1.807, 2.05) is 0 Å². The van der Waals surface area contributed by atoms with Crippen LogP contribution in [0.4, 0.5) is 0 Å². The lowest BCUT2D eigenvalue weighted by atomic mass is 9.96. The molecule has 1 aliphatic heterocycles. The van der Waals surface area contributed by atoms with Gasteiger partial charge in [0, 0.05) is 26.1 Å². The first-order chi connectivity index (χ1) is 7.17. The fourth-order valence-corrected chi connectivity index (χ4v) is 1.95. The third-order valence-electron chi connectivity index (χ3n) is 2.95. The van der Waals surface area contributed by atoms with Gasteiger partial charge >= 0.3 is 0 Å². The molecule has 0 saturated carbocycles. The summed E-state index contributed by atoms with van der Waals surface area (Å²) in [4.78, 5) is 13.5. The van der Waals surface area contributed by atoms with Crippen LogP contribution in [-0.4, -0.2) is 55.2 Å². The highest BCUT2D eigenvalue weighted by Crippen LogP contribution is 2.17. The molecule has 5 heteroatoms. The van der Waals surface area contributed by atoms with E-state index in [1.54, 1.807) is 7.05 Å². The third kappa shape index (κ3) is 3.77. The number of carbonyl (C=O) groups is 1. The molecule has 1 amide bonds. The molecule has 0 radical (unpaired) electrons. The molecule has 0 aromatic rings. The molecule has 0 aromatic carbocycles. The van der Waals surface area contributed by atoms with Gasteiger partial charge in [0.05, 0.1) is 6.10 Å². The Balaban J connectivity index is 2.26. The number of hydrogen-bond donors (Lipinski definition) is 3. The predicted molar refractivity (Wildman–Crippen MR) is 58.3 cm³/mol. The van der Waals surface area contributed by atoms with Crippen molar-refractivity contribution < 1.29 is 9.90 Å². The lowest BCUT2D eigenvalue weighted by Crippen LogP contribution is -2.43. The van der Waals surface area contributed by atoms with E-state index in [4.69, 9.17) is 5.73 Å². The van der Waals surface area contributed by atoms with Crippen molar-refractivity contribution in [3.63, 3.8) is 0 Å². The summed E-state index contributed by atoms with van der Waals surface area (Å²) in [6, 6.07) is 0. The highest BCUT2D eigenvalue weighted by atomic mass is 16.3. The molecule has 5 nitrogen and oxygen atoms in total. The molecule has 15 heavy (non-hydrogen) atoms. The first-order valence-corrected chi connectivity index (χ1v) is 5.49. The summed E-state index contributed by atoms with van der Waals surface area (Å²) in [5.74, 6) is 0.273. The molecule has 1 rings (SSSR count). The quantitative estimate of drug-likeness (QED) is 0.548. The smallest absolute Gasteiger partial charge is 0.222 e. The topological polar surface area (TPSA) is 78.6 Å². The number of rotatable bonds is 4. The Hall–Kier alpha value is -0.650. The van der Waals surface area contributed by atoms with Crippen molar-refractivity contribution in [3.05, 3.63) is 0 Å². The largest absolute Gasteiger partial charge is 0.390 e. The lowest BCUT2D eigenvalue weighted by molar-refractivity contribution is -0.126. The standard InChI is InChI=1S/C10H21N3O2/c1-12-10(15)8-2-4-13(5-3-8)7-9(14)6-11/h8-9,14H,2-7,11H2,1H3,(H,12,15). The molecule has 1 aliphatic rings. The molecule has 1 heterocycles. The van der Waals surface area contributed by atoms with E-state index in [-0.39, 0.29) is 11.8 Å². The molecule has 88 valence electrons.